The zero-order chi connectivity index (χ0) is 61.2. The molecule has 1 aromatic carbocycles. The van der Waals surface area contributed by atoms with Crippen molar-refractivity contribution < 1.29 is 48.1 Å². The van der Waals surface area contributed by atoms with Crippen LogP contribution in [-0.2, 0) is 35.3 Å². The number of aliphatic hydroxyl groups is 1. The summed E-state index contributed by atoms with van der Waals surface area (Å²) in [6.07, 6.45) is 0.337. The number of pyridine rings is 1. The minimum Gasteiger partial charge on any atom is -0.474 e. The number of hydrogen-bond acceptors (Lipinski definition) is 24. The predicted molar refractivity (Wildman–Crippen MR) is 328 cm³/mol. The Morgan fingerprint density at radius 2 is 1.43 bits per heavy atom. The number of ether oxygens (including phenoxy) is 2. The van der Waals surface area contributed by atoms with Crippen LogP contribution < -0.4 is 32.3 Å². The normalized spacial score (nSPS) is 20.4. The number of thiazole rings is 6. The Bertz CT molecular complexity index is 3980. The van der Waals surface area contributed by atoms with Crippen LogP contribution in [0.5, 0.6) is 0 Å². The van der Waals surface area contributed by atoms with Gasteiger partial charge in [-0.15, -0.1) is 68.0 Å². The highest BCUT2D eigenvalue weighted by atomic mass is 32.1. The van der Waals surface area contributed by atoms with E-state index in [1.165, 1.54) is 70.8 Å². The maximum atomic E-state index is 14.4. The third-order valence-electron chi connectivity index (χ3n) is 14.7. The quantitative estimate of drug-likeness (QED) is 0.0652. The molecule has 10 bridgehead atoms. The highest BCUT2D eigenvalue weighted by molar-refractivity contribution is 7.15. The number of ketones is 1. The van der Waals surface area contributed by atoms with Crippen LogP contribution >= 0.6 is 68.0 Å². The molecule has 7 aromatic heterocycles. The zero-order valence-corrected chi connectivity index (χ0v) is 52.0. The molecule has 11 rings (SSSR count). The molecule has 8 aromatic rings. The molecule has 0 radical (unpaired) electrons. The van der Waals surface area contributed by atoms with Crippen LogP contribution in [0.3, 0.4) is 0 Å². The van der Waals surface area contributed by atoms with Gasteiger partial charge in [0.2, 0.25) is 23.6 Å². The molecule has 8 N–H and O–H groups in total. The van der Waals surface area contributed by atoms with Crippen LogP contribution in [-0.4, -0.2) is 120 Å². The Balaban J connectivity index is 0.970. The monoisotopic (exact) mass is 1290 g/mol. The fourth-order valence-corrected chi connectivity index (χ4v) is 15.8. The Hall–Kier alpha value is -7.97. The first-order valence-corrected chi connectivity index (χ1v) is 32.6. The molecule has 1 saturated carbocycles. The van der Waals surface area contributed by atoms with Crippen LogP contribution in [0.2, 0.25) is 0 Å². The fourth-order valence-electron chi connectivity index (χ4n) is 10.2. The number of hydrogen-bond donors (Lipinski definition) is 7. The molecule has 7 atom stereocenters. The summed E-state index contributed by atoms with van der Waals surface area (Å²) >= 11 is 7.22. The molecule has 6 amide bonds. The van der Waals surface area contributed by atoms with Gasteiger partial charge in [-0.2, -0.15) is 0 Å². The van der Waals surface area contributed by atoms with Crippen LogP contribution in [0.25, 0.3) is 43.4 Å². The first-order valence-electron chi connectivity index (χ1n) is 27.4. The minimum atomic E-state index is -1.28. The van der Waals surface area contributed by atoms with Crippen molar-refractivity contribution in [2.24, 2.45) is 28.5 Å². The van der Waals surface area contributed by atoms with Crippen molar-refractivity contribution in [1.29, 1.82) is 0 Å². The van der Waals surface area contributed by atoms with Gasteiger partial charge in [0.1, 0.15) is 94.7 Å². The molecule has 0 spiro atoms. The summed E-state index contributed by atoms with van der Waals surface area (Å²) in [4.78, 5) is 135. The molecule has 1 aliphatic carbocycles. The standard InChI is InChI=1S/C57H56N14O10S6/c1-24(2)40-57-71-43(37(87-57)19-80-5)49(78)60-17-39(73)68-44(45(74)26-10-7-6-8-11-26)56-67-36(23-85-56)54-64-33(20-83-54)42-29(52-65-34(21-82-52)48(77)62-31(16-38(72)59-4)55-70-41(25(3)86-55)50(79)69-40)14-15-30(61-42)53-66-35(22-84-53)51-63-32(18-81-51)46(75)27-12-9-13-28(27)47(58)76/h6-8,10-11,14-15,20-24,27-28,31-32,40,44-45,74H,9,12-13,16-19H2,1-5H3,(H2,58,76)(H,59,72)(H,60,78)(H,62,77)(H,68,73)(H,69,79)/t27?,28-,31+,32+,40+,44+,45?/m1/s1/i20+1,21+1,22+1. The number of nitrogens with one attached hydrogen (secondary N) is 5. The van der Waals surface area contributed by atoms with Crippen LogP contribution in [0.15, 0.2) is 69.0 Å². The largest absolute Gasteiger partial charge is 0.474 e. The molecule has 0 saturated heterocycles. The van der Waals surface area contributed by atoms with Gasteiger partial charge in [0, 0.05) is 58.0 Å². The number of aryl methyl sites for hydroxylation is 1. The molecular weight excluding hydrogens is 1240 g/mol. The van der Waals surface area contributed by atoms with Crippen LogP contribution in [0, 0.1) is 24.7 Å². The lowest BCUT2D eigenvalue weighted by molar-refractivity contribution is -0.131. The van der Waals surface area contributed by atoms with E-state index in [0.717, 1.165) is 17.8 Å². The van der Waals surface area contributed by atoms with E-state index >= 15 is 0 Å². The second kappa shape index (κ2) is 26.2. The topological polar surface area (TPSA) is 347 Å². The lowest BCUT2D eigenvalue weighted by Gasteiger charge is -2.23. The van der Waals surface area contributed by atoms with Crippen molar-refractivity contribution >= 4 is 115 Å². The number of methoxy groups -OCH3 is 1. The van der Waals surface area contributed by atoms with Crippen molar-refractivity contribution in [1.82, 2.24) is 61.5 Å². The average molecular weight is 1290 g/mol. The molecular formula is C57H56N14O10S6. The number of benzene rings is 1. The summed E-state index contributed by atoms with van der Waals surface area (Å²) in [5.74, 6) is -4.68. The van der Waals surface area contributed by atoms with E-state index in [4.69, 9.17) is 50.1 Å². The maximum absolute atomic E-state index is 14.4. The number of carbonyl (C=O) groups excluding carboxylic acids is 7. The summed E-state index contributed by atoms with van der Waals surface area (Å²) < 4.78 is 11.4. The van der Waals surface area contributed by atoms with E-state index in [1.807, 2.05) is 13.8 Å². The maximum Gasteiger partial charge on any atom is 0.271 e. The second-order valence-electron chi connectivity index (χ2n) is 20.9. The van der Waals surface area contributed by atoms with Gasteiger partial charge in [0.15, 0.2) is 5.78 Å². The molecule has 2 aliphatic heterocycles. The Morgan fingerprint density at radius 1 is 0.724 bits per heavy atom. The van der Waals surface area contributed by atoms with Crippen molar-refractivity contribution in [3.8, 4) is 43.4 Å². The third-order valence-corrected chi connectivity index (χ3v) is 20.4. The number of rotatable bonds is 12. The Labute approximate surface area is 521 Å². The number of Topliss-reactive ketones (excluding diaryl/α,β-unsaturated/α-hetero) is 1. The first-order chi connectivity index (χ1) is 41.9. The number of carbonyl (C=O) groups is 7. The molecule has 30 heteroatoms. The van der Waals surface area contributed by atoms with Gasteiger partial charge in [-0.1, -0.05) is 50.6 Å². The van der Waals surface area contributed by atoms with Crippen molar-refractivity contribution in [2.45, 2.75) is 83.3 Å². The van der Waals surface area contributed by atoms with Crippen molar-refractivity contribution in [3.63, 3.8) is 0 Å². The number of amides is 6. The second-order valence-corrected chi connectivity index (χ2v) is 26.7. The summed E-state index contributed by atoms with van der Waals surface area (Å²) in [6, 6.07) is 8.71. The van der Waals surface area contributed by atoms with Gasteiger partial charge in [-0.25, -0.2) is 39.9 Å². The average Bonchev–Trinajstić information content (AvgIpc) is 2.59. The number of aliphatic imine (C=N–C) groups is 1. The highest BCUT2D eigenvalue weighted by Crippen LogP contribution is 2.41. The van der Waals surface area contributed by atoms with Crippen molar-refractivity contribution in [2.75, 3.05) is 27.3 Å². The smallest absolute Gasteiger partial charge is 0.271 e. The van der Waals surface area contributed by atoms with Gasteiger partial charge in [-0.05, 0) is 43.4 Å². The van der Waals surface area contributed by atoms with Crippen LogP contribution in [0.1, 0.15) is 131 Å². The lowest BCUT2D eigenvalue weighted by Crippen LogP contribution is -2.40. The third kappa shape index (κ3) is 13.0. The highest BCUT2D eigenvalue weighted by Gasteiger charge is 2.42. The number of aromatic nitrogens is 7. The number of nitrogens with zero attached hydrogens (tertiary/aromatic N) is 8. The fraction of sp³-hybridized carbons (Fsp3) is 0.351. The lowest BCUT2D eigenvalue weighted by atomic mass is 9.88. The van der Waals surface area contributed by atoms with E-state index in [2.05, 4.69) is 31.6 Å². The number of primary amides is 1. The molecule has 3 aliphatic rings. The van der Waals surface area contributed by atoms with E-state index in [0.29, 0.717) is 87.2 Å². The van der Waals surface area contributed by atoms with Crippen LogP contribution in [0.4, 0.5) is 0 Å². The first kappa shape index (κ1) is 60.7. The van der Waals surface area contributed by atoms with E-state index in [9.17, 15) is 38.7 Å². The van der Waals surface area contributed by atoms with Gasteiger partial charge < -0.3 is 46.9 Å². The van der Waals surface area contributed by atoms with Gasteiger partial charge in [0.25, 0.3) is 17.7 Å². The van der Waals surface area contributed by atoms with Gasteiger partial charge >= 0.3 is 0 Å². The molecule has 87 heavy (non-hydrogen) atoms. The number of aliphatic hydroxyl groups excluding tert-OH is 1. The predicted octanol–water partition coefficient (Wildman–Crippen LogP) is 6.93. The van der Waals surface area contributed by atoms with Crippen molar-refractivity contribution in [3.05, 3.63) is 117 Å². The van der Waals surface area contributed by atoms with E-state index in [-0.39, 0.29) is 59.3 Å². The summed E-state index contributed by atoms with van der Waals surface area (Å²) in [5, 5.41) is 35.3. The van der Waals surface area contributed by atoms with E-state index < -0.39 is 84.1 Å². The molecule has 450 valence electrons. The minimum absolute atomic E-state index is 0.000160. The summed E-state index contributed by atoms with van der Waals surface area (Å²) in [5.41, 5.74) is 8.75. The summed E-state index contributed by atoms with van der Waals surface area (Å²) in [6.45, 7) is 4.96. The molecule has 9 heterocycles. The molecule has 2 unspecified atom stereocenters. The SMILES string of the molecule is CNC(=O)C[C@@H]1NC(=O)c2[13cH]sc(n2)-c2ccc(-c3nc(C4=N[C@H](C(=O)C5CCC[C@H]5C(N)=O)CO4)[13cH]s3)nc2-c2[13cH]sc(n2)-c2csc(n2)[C@H](C(O)c2ccccc2)NC(=O)CNC(=O)c2nc(sc2COC)[C@H](C(C)C)NC(=O)c2nc1sc2C. The number of fused-ring (bicyclic) bond motifs is 14. The zero-order valence-electron chi connectivity index (χ0n) is 47.1. The molecule has 1 fully saturated rings. The van der Waals surface area contributed by atoms with Gasteiger partial charge in [-0.3, -0.25) is 33.6 Å². The number of nitrogens with two attached hydrogens (primary N) is 1. The Kier molecular flexibility index (Phi) is 18.3. The summed E-state index contributed by atoms with van der Waals surface area (Å²) in [7, 11) is 2.94. The van der Waals surface area contributed by atoms with E-state index in [1.54, 1.807) is 70.9 Å². The molecule has 24 nitrogen and oxygen atoms in total. The Morgan fingerprint density at radius 3 is 2.18 bits per heavy atom. The van der Waals surface area contributed by atoms with Gasteiger partial charge in [0.05, 0.1) is 42.2 Å².